The number of aliphatic carboxylic acids is 1. The molecule has 680 valence electrons. The average Bonchev–Trinajstić information content (AvgIpc) is 1.63. The van der Waals surface area contributed by atoms with E-state index in [0.29, 0.717) is 107 Å². The van der Waals surface area contributed by atoms with E-state index < -0.39 is 47.6 Å². The number of Topliss-reactive ketones (excluding diaryl/α,β-unsaturated/α-hetero) is 4. The first-order valence-corrected chi connectivity index (χ1v) is 42.4. The van der Waals surface area contributed by atoms with E-state index in [4.69, 9.17) is 29.8 Å². The van der Waals surface area contributed by atoms with Crippen LogP contribution in [0.2, 0.25) is 0 Å². The molecule has 0 unspecified atom stereocenters. The first-order valence-electron chi connectivity index (χ1n) is 42.4. The molecule has 6 atom stereocenters. The second-order valence-electron chi connectivity index (χ2n) is 31.7. The third-order valence-electron chi connectivity index (χ3n) is 21.8. The molecule has 35 nitrogen and oxygen atoms in total. The summed E-state index contributed by atoms with van der Waals surface area (Å²) >= 11 is 0. The summed E-state index contributed by atoms with van der Waals surface area (Å²) in [4.78, 5) is 194. The number of benzene rings is 6. The van der Waals surface area contributed by atoms with Gasteiger partial charge in [0.15, 0.2) is 40.4 Å². The summed E-state index contributed by atoms with van der Waals surface area (Å²) in [5.74, 6) is -3.27. The van der Waals surface area contributed by atoms with Crippen molar-refractivity contribution in [1.29, 1.82) is 0 Å². The van der Waals surface area contributed by atoms with E-state index in [9.17, 15) is 67.1 Å². The number of amides is 7. The molecule has 129 heavy (non-hydrogen) atoms. The number of nitrogens with one attached hydrogen (secondary N) is 5. The summed E-state index contributed by atoms with van der Waals surface area (Å²) in [5.41, 5.74) is 13.8. The van der Waals surface area contributed by atoms with Crippen molar-refractivity contribution in [1.82, 2.24) is 29.7 Å². The van der Waals surface area contributed by atoms with Gasteiger partial charge in [0.2, 0.25) is 29.4 Å². The van der Waals surface area contributed by atoms with Crippen LogP contribution in [0.5, 0.6) is 23.0 Å². The Morgan fingerprint density at radius 2 is 0.899 bits per heavy atom. The average molecular weight is 1770 g/mol. The summed E-state index contributed by atoms with van der Waals surface area (Å²) in [5, 5.41) is 22.3. The number of ether oxygens (including phenoxy) is 6. The van der Waals surface area contributed by atoms with E-state index in [1.54, 1.807) is 137 Å². The first kappa shape index (κ1) is 96.7. The molecule has 6 aromatic carbocycles. The topological polar surface area (TPSA) is 468 Å². The molecule has 12 rings (SSSR count). The highest BCUT2D eigenvalue weighted by atomic mass is 16.5. The summed E-state index contributed by atoms with van der Waals surface area (Å²) in [6.45, 7) is 6.88. The maximum absolute atomic E-state index is 13.7. The molecule has 6 heterocycles. The number of para-hydroxylation sites is 2. The van der Waals surface area contributed by atoms with Crippen molar-refractivity contribution in [2.75, 3.05) is 73.1 Å². The van der Waals surface area contributed by atoms with Crippen molar-refractivity contribution < 1.29 is 101 Å². The molecule has 7 amide bonds. The van der Waals surface area contributed by atoms with Gasteiger partial charge in [0, 0.05) is 163 Å². The van der Waals surface area contributed by atoms with Crippen LogP contribution in [0, 0.1) is 11.8 Å². The lowest BCUT2D eigenvalue weighted by molar-refractivity contribution is -0.141. The van der Waals surface area contributed by atoms with Crippen LogP contribution in [0.3, 0.4) is 0 Å². The van der Waals surface area contributed by atoms with E-state index in [1.807, 2.05) is 48.5 Å². The lowest BCUT2D eigenvalue weighted by Crippen LogP contribution is -2.42. The SMILES string of the molecule is COC(=O)CCCCC(=O)C[C@@H](C)C(=O)N[C@@H](C)C(=O)Cc1ccc(NC(=O)c2nc(N)cn2C)cc1.COC(=O)CCCCC(=O)C[C@@H](C)C(=O)N[C@@H](C)C(=O)Cc1ccc(NC(=O)c2nc(NC(=O)CCCOc3cc4c(cc3OC)C(=O)N3c5ccccc5C[C@H]3C=N4)cn2C)cc1.COc1cc2c(cc1OCCCC(=O)O)N=C[C@@H]1Cc3ccccc3N1C2=O. The Balaban J connectivity index is 0.000000223. The van der Waals surface area contributed by atoms with Crippen molar-refractivity contribution in [2.45, 2.75) is 167 Å². The third kappa shape index (κ3) is 26.8. The van der Waals surface area contributed by atoms with Gasteiger partial charge in [-0.1, -0.05) is 74.5 Å². The number of fused-ring (bicyclic) bond motifs is 8. The Kier molecular flexibility index (Phi) is 34.5. The van der Waals surface area contributed by atoms with Crippen LogP contribution < -0.4 is 61.1 Å². The van der Waals surface area contributed by atoms with Crippen LogP contribution in [0.4, 0.5) is 45.8 Å². The molecular formula is C94H108N14O21. The van der Waals surface area contributed by atoms with Gasteiger partial charge in [-0.25, -0.2) is 9.97 Å². The lowest BCUT2D eigenvalue weighted by atomic mass is 9.99. The highest BCUT2D eigenvalue weighted by Gasteiger charge is 2.39. The molecule has 4 aliphatic rings. The number of hydrogen-bond acceptors (Lipinski definition) is 25. The molecule has 0 saturated carbocycles. The lowest BCUT2D eigenvalue weighted by Gasteiger charge is -2.22. The Hall–Kier alpha value is -14.5. The molecule has 2 aromatic heterocycles. The number of unbranched alkanes of at least 4 members (excludes halogenated alkanes) is 2. The first-order chi connectivity index (χ1) is 61.8. The predicted molar refractivity (Wildman–Crippen MR) is 480 cm³/mol. The summed E-state index contributed by atoms with van der Waals surface area (Å²) in [6, 6.07) is 34.0. The number of imidazole rings is 2. The van der Waals surface area contributed by atoms with Crippen LogP contribution in [0.1, 0.15) is 182 Å². The number of rotatable bonds is 41. The van der Waals surface area contributed by atoms with Gasteiger partial charge in [-0.15, -0.1) is 0 Å². The summed E-state index contributed by atoms with van der Waals surface area (Å²) < 4.78 is 34.8. The van der Waals surface area contributed by atoms with E-state index in [1.165, 1.54) is 50.0 Å². The number of hydrogen-bond donors (Lipinski definition) is 7. The van der Waals surface area contributed by atoms with Gasteiger partial charge in [-0.2, -0.15) is 0 Å². The minimum Gasteiger partial charge on any atom is -0.493 e. The smallest absolute Gasteiger partial charge is 0.305 e. The Morgan fingerprint density at radius 3 is 1.31 bits per heavy atom. The number of nitrogen functional groups attached to an aromatic ring is 1. The van der Waals surface area contributed by atoms with Gasteiger partial charge in [0.1, 0.15) is 17.4 Å². The minimum absolute atomic E-state index is 0.0277. The monoisotopic (exact) mass is 1770 g/mol. The number of carboxylic acid groups (broad SMARTS) is 1. The molecule has 4 aliphatic heterocycles. The number of aryl methyl sites for hydroxylation is 2. The van der Waals surface area contributed by atoms with Gasteiger partial charge in [0.05, 0.1) is 88.3 Å². The molecule has 8 aromatic rings. The zero-order chi connectivity index (χ0) is 93.1. The number of ketones is 4. The Labute approximate surface area is 745 Å². The fourth-order valence-electron chi connectivity index (χ4n) is 14.7. The maximum atomic E-state index is 13.7. The second kappa shape index (κ2) is 46.1. The Morgan fingerprint density at radius 1 is 0.488 bits per heavy atom. The number of carbonyl (C=O) groups is 14. The number of carbonyl (C=O) groups excluding carboxylic acids is 13. The molecule has 8 N–H and O–H groups in total. The van der Waals surface area contributed by atoms with Crippen molar-refractivity contribution in [3.8, 4) is 23.0 Å². The number of nitrogens with zero attached hydrogens (tertiary/aromatic N) is 8. The van der Waals surface area contributed by atoms with Gasteiger partial charge in [0.25, 0.3) is 23.6 Å². The number of anilines is 6. The molecule has 0 spiro atoms. The second-order valence-corrected chi connectivity index (χ2v) is 31.7. The summed E-state index contributed by atoms with van der Waals surface area (Å²) in [7, 11) is 8.92. The van der Waals surface area contributed by atoms with E-state index in [2.05, 4.69) is 56.0 Å². The predicted octanol–water partition coefficient (Wildman–Crippen LogP) is 11.1. The largest absolute Gasteiger partial charge is 0.493 e. The normalized spacial score (nSPS) is 14.4. The highest BCUT2D eigenvalue weighted by molar-refractivity contribution is 6.16. The van der Waals surface area contributed by atoms with Crippen molar-refractivity contribution in [3.63, 3.8) is 0 Å². The molecule has 0 saturated heterocycles. The fourth-order valence-corrected chi connectivity index (χ4v) is 14.7. The minimum atomic E-state index is -0.867. The van der Waals surface area contributed by atoms with E-state index >= 15 is 0 Å². The molecule has 0 aliphatic carbocycles. The van der Waals surface area contributed by atoms with Crippen LogP contribution in [0.25, 0.3) is 0 Å². The van der Waals surface area contributed by atoms with Crippen LogP contribution >= 0.6 is 0 Å². The highest BCUT2D eigenvalue weighted by Crippen LogP contribution is 2.43. The molecule has 35 heteroatoms. The van der Waals surface area contributed by atoms with Crippen molar-refractivity contribution in [3.05, 3.63) is 179 Å². The number of methoxy groups -OCH3 is 4. The number of nitrogens with two attached hydrogens (primary N) is 1. The zero-order valence-corrected chi connectivity index (χ0v) is 73.7. The quantitative estimate of drug-likeness (QED) is 0.0138. The van der Waals surface area contributed by atoms with Gasteiger partial charge >= 0.3 is 17.9 Å². The number of aliphatic imine (C=N–C) groups is 2. The van der Waals surface area contributed by atoms with Gasteiger partial charge in [-0.3, -0.25) is 86.9 Å². The molecule has 0 bridgehead atoms. The molecule has 0 fully saturated rings. The molecular weight excluding hydrogens is 1660 g/mol. The van der Waals surface area contributed by atoms with Crippen LogP contribution in [0.15, 0.2) is 144 Å². The van der Waals surface area contributed by atoms with Crippen LogP contribution in [-0.2, 0) is 97.2 Å². The number of carboxylic acids is 1. The van der Waals surface area contributed by atoms with Crippen molar-refractivity contribution >= 4 is 141 Å². The van der Waals surface area contributed by atoms with E-state index in [0.717, 1.165) is 34.5 Å². The third-order valence-corrected chi connectivity index (χ3v) is 21.8. The van der Waals surface area contributed by atoms with Gasteiger partial charge in [-0.05, 0) is 123 Å². The number of esters is 2. The van der Waals surface area contributed by atoms with Crippen LogP contribution in [-0.4, -0.2) is 185 Å². The standard InChI is InChI=1S/C47H53N7O10.C26H35N5O6.C21H20N2O5/c1-28(21-34(55)12-7-9-15-43(58)63-5)45(59)49-29(2)38(56)22-30-16-18-32(19-17-30)50-46(60)44-52-41(27-53(44)3)51-42(57)14-10-20-64-40-25-36-35(24-39(40)62-4)47(61)54-33(26-48-36)23-31-11-6-8-13-37(31)54;1-16(13-20(32)7-5-6-8-23(34)37-4)25(35)28-17(2)21(33)14-18-9-11-19(12-10-18)29-26(36)24-30-22(27)15-31(24)3;1-27-18-10-15-16(11-19(18)28-8-4-7-20(24)25)22-12-14-9-13-5-2-3-6-17(13)23(14)21(15)26/h6,8,11,13,16-19,24-29,33H,7,9-10,12,14-15,20-23H2,1-5H3,(H,49,59)(H,50,60)(H,51,57);9-12,15-17H,5-8,13-14,27H2,1-4H3,(H,28,35)(H,29,36);2-3,5-6,10-12,14H,4,7-9H2,1H3,(H,24,25)/t28-,29+,33+;16-,17+;14-/m110/s1. The maximum Gasteiger partial charge on any atom is 0.305 e. The van der Waals surface area contributed by atoms with Gasteiger partial charge < -0.3 is 75.0 Å². The van der Waals surface area contributed by atoms with E-state index in [-0.39, 0.29) is 171 Å². The molecule has 0 radical (unpaired) electrons. The summed E-state index contributed by atoms with van der Waals surface area (Å²) in [6.07, 6.45) is 12.4. The zero-order valence-electron chi connectivity index (χ0n) is 73.7. The Bertz CT molecular complexity index is 5540. The fraction of sp³-hybridized carbons (Fsp3) is 0.383. The van der Waals surface area contributed by atoms with Crippen molar-refractivity contribution in [2.24, 2.45) is 35.9 Å². The number of aromatic nitrogens is 4.